The van der Waals surface area contributed by atoms with E-state index in [0.29, 0.717) is 5.69 Å². The molecule has 0 aliphatic carbocycles. The first kappa shape index (κ1) is 12.2. The highest BCUT2D eigenvalue weighted by Crippen LogP contribution is 2.29. The van der Waals surface area contributed by atoms with Gasteiger partial charge in [-0.1, -0.05) is 0 Å². The molecule has 0 amide bonds. The first-order valence-electron chi connectivity index (χ1n) is 6.46. The summed E-state index contributed by atoms with van der Waals surface area (Å²) in [7, 11) is 1.61. The van der Waals surface area contributed by atoms with Gasteiger partial charge in [0.1, 0.15) is 11.4 Å². The van der Waals surface area contributed by atoms with Gasteiger partial charge in [0.15, 0.2) is 12.5 Å². The Morgan fingerprint density at radius 2 is 2.37 bits per heavy atom. The van der Waals surface area contributed by atoms with E-state index in [9.17, 15) is 4.79 Å². The van der Waals surface area contributed by atoms with Crippen molar-refractivity contribution in [3.63, 3.8) is 0 Å². The highest BCUT2D eigenvalue weighted by atomic mass is 16.5. The number of ether oxygens (including phenoxy) is 2. The Kier molecular flexibility index (Phi) is 3.21. The van der Waals surface area contributed by atoms with Gasteiger partial charge in [-0.25, -0.2) is 4.68 Å². The molecule has 2 aromatic rings. The van der Waals surface area contributed by atoms with Crippen molar-refractivity contribution >= 4 is 17.2 Å². The van der Waals surface area contributed by atoms with Crippen LogP contribution in [0, 0.1) is 0 Å². The second-order valence-electron chi connectivity index (χ2n) is 4.65. The Morgan fingerprint density at radius 3 is 3.05 bits per heavy atom. The number of carbonyl (C=O) groups is 1. The maximum absolute atomic E-state index is 11.2. The van der Waals surface area contributed by atoms with Gasteiger partial charge >= 0.3 is 0 Å². The van der Waals surface area contributed by atoms with Crippen LogP contribution in [0.5, 0.6) is 5.75 Å². The van der Waals surface area contributed by atoms with E-state index in [1.165, 1.54) is 0 Å². The van der Waals surface area contributed by atoms with Crippen molar-refractivity contribution in [1.29, 1.82) is 0 Å². The average Bonchev–Trinajstić information content (AvgIpc) is 2.86. The zero-order chi connectivity index (χ0) is 13.2. The highest BCUT2D eigenvalue weighted by molar-refractivity contribution is 5.95. The molecule has 0 bridgehead atoms. The number of hydrogen-bond acceptors (Lipinski definition) is 4. The Balaban J connectivity index is 2.11. The molecule has 1 aromatic carbocycles. The van der Waals surface area contributed by atoms with Crippen molar-refractivity contribution in [2.24, 2.45) is 0 Å². The molecule has 0 N–H and O–H groups in total. The molecule has 1 atom stereocenters. The van der Waals surface area contributed by atoms with Crippen molar-refractivity contribution in [3.05, 3.63) is 23.9 Å². The Labute approximate surface area is 111 Å². The molecule has 2 heterocycles. The molecule has 1 aliphatic rings. The molecule has 0 saturated carbocycles. The summed E-state index contributed by atoms with van der Waals surface area (Å²) >= 11 is 0. The normalized spacial score (nSPS) is 19.5. The number of fused-ring (bicyclic) bond motifs is 1. The van der Waals surface area contributed by atoms with Gasteiger partial charge in [-0.3, -0.25) is 4.79 Å². The highest BCUT2D eigenvalue weighted by Gasteiger charge is 2.21. The number of hydrogen-bond donors (Lipinski definition) is 0. The fourth-order valence-electron chi connectivity index (χ4n) is 2.49. The molecule has 1 saturated heterocycles. The van der Waals surface area contributed by atoms with Gasteiger partial charge < -0.3 is 9.47 Å². The van der Waals surface area contributed by atoms with E-state index < -0.39 is 0 Å². The van der Waals surface area contributed by atoms with Crippen molar-refractivity contribution in [1.82, 2.24) is 9.78 Å². The van der Waals surface area contributed by atoms with E-state index in [-0.39, 0.29) is 6.23 Å². The van der Waals surface area contributed by atoms with Gasteiger partial charge in [0.05, 0.1) is 12.6 Å². The average molecular weight is 260 g/mol. The fourth-order valence-corrected chi connectivity index (χ4v) is 2.49. The minimum atomic E-state index is -0.0710. The zero-order valence-electron chi connectivity index (χ0n) is 10.8. The van der Waals surface area contributed by atoms with Crippen molar-refractivity contribution in [3.8, 4) is 5.75 Å². The lowest BCUT2D eigenvalue weighted by molar-refractivity contribution is -0.0367. The molecule has 1 aliphatic heterocycles. The summed E-state index contributed by atoms with van der Waals surface area (Å²) in [4.78, 5) is 11.2. The Bertz CT molecular complexity index is 600. The summed E-state index contributed by atoms with van der Waals surface area (Å²) in [6.45, 7) is 0.749. The van der Waals surface area contributed by atoms with Gasteiger partial charge in [-0.2, -0.15) is 5.10 Å². The third kappa shape index (κ3) is 2.10. The monoisotopic (exact) mass is 260 g/mol. The number of nitrogens with zero attached hydrogens (tertiary/aromatic N) is 2. The summed E-state index contributed by atoms with van der Waals surface area (Å²) in [6.07, 6.45) is 3.85. The van der Waals surface area contributed by atoms with Crippen LogP contribution in [0.15, 0.2) is 18.2 Å². The summed E-state index contributed by atoms with van der Waals surface area (Å²) < 4.78 is 12.7. The lowest BCUT2D eigenvalue weighted by Crippen LogP contribution is -2.19. The second kappa shape index (κ2) is 5.01. The van der Waals surface area contributed by atoms with Crippen molar-refractivity contribution in [2.75, 3.05) is 13.7 Å². The number of methoxy groups -OCH3 is 1. The van der Waals surface area contributed by atoms with E-state index in [4.69, 9.17) is 9.47 Å². The van der Waals surface area contributed by atoms with Crippen LogP contribution in [0.25, 0.3) is 10.9 Å². The summed E-state index contributed by atoms with van der Waals surface area (Å²) in [6, 6.07) is 5.63. The molecule has 1 aromatic heterocycles. The van der Waals surface area contributed by atoms with Crippen LogP contribution in [0.1, 0.15) is 36.0 Å². The number of benzene rings is 1. The maximum atomic E-state index is 11.2. The minimum Gasteiger partial charge on any atom is -0.497 e. The van der Waals surface area contributed by atoms with Crippen LogP contribution in [0.3, 0.4) is 0 Å². The molecule has 5 heteroatoms. The van der Waals surface area contributed by atoms with Crippen LogP contribution >= 0.6 is 0 Å². The molecule has 1 fully saturated rings. The summed E-state index contributed by atoms with van der Waals surface area (Å²) in [5.41, 5.74) is 1.35. The fraction of sp³-hybridized carbons (Fsp3) is 0.429. The van der Waals surface area contributed by atoms with Gasteiger partial charge in [0.25, 0.3) is 0 Å². The van der Waals surface area contributed by atoms with Crippen molar-refractivity contribution < 1.29 is 14.3 Å². The SMILES string of the molecule is COc1ccc2c(c1)c(C=O)nn2C1CCCCO1. The van der Waals surface area contributed by atoms with Crippen LogP contribution in [-0.4, -0.2) is 29.8 Å². The molecule has 0 radical (unpaired) electrons. The van der Waals surface area contributed by atoms with E-state index >= 15 is 0 Å². The van der Waals surface area contributed by atoms with E-state index in [1.807, 2.05) is 22.9 Å². The second-order valence-corrected chi connectivity index (χ2v) is 4.65. The molecule has 19 heavy (non-hydrogen) atoms. The molecule has 1 unspecified atom stereocenters. The number of rotatable bonds is 3. The molecule has 100 valence electrons. The molecular formula is C14H16N2O3. The van der Waals surface area contributed by atoms with Crippen LogP contribution in [0.2, 0.25) is 0 Å². The number of carbonyl (C=O) groups excluding carboxylic acids is 1. The Hall–Kier alpha value is -1.88. The van der Waals surface area contributed by atoms with Crippen LogP contribution < -0.4 is 4.74 Å². The lowest BCUT2D eigenvalue weighted by Gasteiger charge is -2.23. The maximum Gasteiger partial charge on any atom is 0.170 e. The standard InChI is InChI=1S/C14H16N2O3/c1-18-10-5-6-13-11(8-10)12(9-17)15-16(13)14-4-2-3-7-19-14/h5-6,8-9,14H,2-4,7H2,1H3. The van der Waals surface area contributed by atoms with Gasteiger partial charge in [0, 0.05) is 12.0 Å². The first-order valence-corrected chi connectivity index (χ1v) is 6.46. The third-order valence-electron chi connectivity index (χ3n) is 3.48. The molecule has 3 rings (SSSR count). The summed E-state index contributed by atoms with van der Waals surface area (Å²) in [5.74, 6) is 0.722. The van der Waals surface area contributed by atoms with E-state index in [1.54, 1.807) is 7.11 Å². The lowest BCUT2D eigenvalue weighted by atomic mass is 10.1. The third-order valence-corrected chi connectivity index (χ3v) is 3.48. The Morgan fingerprint density at radius 1 is 1.47 bits per heavy atom. The van der Waals surface area contributed by atoms with Crippen LogP contribution in [0.4, 0.5) is 0 Å². The largest absolute Gasteiger partial charge is 0.497 e. The zero-order valence-corrected chi connectivity index (χ0v) is 10.8. The van der Waals surface area contributed by atoms with E-state index in [0.717, 1.165) is 48.8 Å². The topological polar surface area (TPSA) is 53.3 Å². The smallest absolute Gasteiger partial charge is 0.170 e. The van der Waals surface area contributed by atoms with Crippen LogP contribution in [-0.2, 0) is 4.74 Å². The predicted octanol–water partition coefficient (Wildman–Crippen LogP) is 2.56. The van der Waals surface area contributed by atoms with Crippen molar-refractivity contribution in [2.45, 2.75) is 25.5 Å². The summed E-state index contributed by atoms with van der Waals surface area (Å²) in [5, 5.41) is 5.18. The number of aromatic nitrogens is 2. The quantitative estimate of drug-likeness (QED) is 0.796. The molecular weight excluding hydrogens is 244 g/mol. The van der Waals surface area contributed by atoms with Gasteiger partial charge in [-0.15, -0.1) is 0 Å². The van der Waals surface area contributed by atoms with Gasteiger partial charge in [0.2, 0.25) is 0 Å². The minimum absolute atomic E-state index is 0.0710. The molecule has 0 spiro atoms. The van der Waals surface area contributed by atoms with E-state index in [2.05, 4.69) is 5.10 Å². The predicted molar refractivity (Wildman–Crippen MR) is 70.5 cm³/mol. The number of aldehydes is 1. The first-order chi connectivity index (χ1) is 9.33. The molecule has 5 nitrogen and oxygen atoms in total. The van der Waals surface area contributed by atoms with Gasteiger partial charge in [-0.05, 0) is 37.5 Å².